The molecule has 2 aromatic rings. The number of hydrogen-bond donors (Lipinski definition) is 1. The number of halogens is 2. The molecule has 2 rings (SSSR count). The highest BCUT2D eigenvalue weighted by Crippen LogP contribution is 2.24. The first-order valence-electron chi connectivity index (χ1n) is 5.78. The van der Waals surface area contributed by atoms with Crippen LogP contribution in [0.2, 0.25) is 0 Å². The number of hydrogen-bond acceptors (Lipinski definition) is 5. The van der Waals surface area contributed by atoms with E-state index in [1.165, 1.54) is 16.2 Å². The molecule has 0 bridgehead atoms. The third-order valence-electron chi connectivity index (χ3n) is 2.48. The molecule has 0 unspecified atom stereocenters. The van der Waals surface area contributed by atoms with Gasteiger partial charge in [-0.2, -0.15) is 0 Å². The van der Waals surface area contributed by atoms with Crippen LogP contribution in [-0.4, -0.2) is 41.1 Å². The van der Waals surface area contributed by atoms with Crippen LogP contribution in [0, 0.1) is 0 Å². The molecular weight excluding hydrogens is 274 g/mol. The maximum Gasteiger partial charge on any atom is 0.251 e. The van der Waals surface area contributed by atoms with Gasteiger partial charge >= 0.3 is 0 Å². The summed E-state index contributed by atoms with van der Waals surface area (Å²) in [5.74, 6) is 0.666. The Bertz CT molecular complexity index is 488. The van der Waals surface area contributed by atoms with E-state index in [1.54, 1.807) is 18.4 Å². The van der Waals surface area contributed by atoms with Crippen LogP contribution in [-0.2, 0) is 6.54 Å². The third-order valence-corrected chi connectivity index (χ3v) is 3.39. The Morgan fingerprint density at radius 2 is 2.32 bits per heavy atom. The first kappa shape index (κ1) is 14.1. The number of nitrogens with zero attached hydrogens (tertiary/aromatic N) is 2. The number of aliphatic hydroxyl groups excluding tert-OH is 1. The second-order valence-electron chi connectivity index (χ2n) is 3.97. The molecule has 7 heteroatoms. The highest BCUT2D eigenvalue weighted by atomic mass is 32.1. The lowest BCUT2D eigenvalue weighted by molar-refractivity contribution is 0.0741. The van der Waals surface area contributed by atoms with Crippen molar-refractivity contribution in [2.24, 2.45) is 0 Å². The van der Waals surface area contributed by atoms with Crippen molar-refractivity contribution in [1.82, 2.24) is 9.88 Å². The molecule has 104 valence electrons. The van der Waals surface area contributed by atoms with Crippen LogP contribution in [0.1, 0.15) is 5.69 Å². The van der Waals surface area contributed by atoms with Crippen LogP contribution in [0.4, 0.5) is 8.78 Å². The van der Waals surface area contributed by atoms with Crippen molar-refractivity contribution in [3.05, 3.63) is 29.5 Å². The van der Waals surface area contributed by atoms with Crippen molar-refractivity contribution in [3.63, 3.8) is 0 Å². The molecule has 0 radical (unpaired) electrons. The van der Waals surface area contributed by atoms with Crippen molar-refractivity contribution in [1.29, 1.82) is 0 Å². The van der Waals surface area contributed by atoms with Gasteiger partial charge in [0.2, 0.25) is 0 Å². The average Bonchev–Trinajstić information content (AvgIpc) is 2.97. The molecule has 0 atom stereocenters. The highest BCUT2D eigenvalue weighted by molar-refractivity contribution is 7.13. The second kappa shape index (κ2) is 6.74. The smallest absolute Gasteiger partial charge is 0.251 e. The summed E-state index contributed by atoms with van der Waals surface area (Å²) in [5.41, 5.74) is 0.700. The van der Waals surface area contributed by atoms with E-state index in [4.69, 9.17) is 9.52 Å². The normalized spacial score (nSPS) is 11.6. The molecule has 4 nitrogen and oxygen atoms in total. The van der Waals surface area contributed by atoms with Crippen LogP contribution < -0.4 is 0 Å². The van der Waals surface area contributed by atoms with E-state index in [-0.39, 0.29) is 19.7 Å². The Balaban J connectivity index is 2.01. The van der Waals surface area contributed by atoms with Crippen LogP contribution >= 0.6 is 11.3 Å². The molecule has 1 N–H and O–H groups in total. The van der Waals surface area contributed by atoms with Crippen LogP contribution in [0.5, 0.6) is 0 Å². The fourth-order valence-electron chi connectivity index (χ4n) is 1.69. The summed E-state index contributed by atoms with van der Waals surface area (Å²) in [7, 11) is 0. The van der Waals surface area contributed by atoms with Gasteiger partial charge in [-0.25, -0.2) is 13.8 Å². The van der Waals surface area contributed by atoms with E-state index in [9.17, 15) is 8.78 Å². The minimum atomic E-state index is -2.42. The lowest BCUT2D eigenvalue weighted by Gasteiger charge is -2.19. The molecular formula is C12H14F2N2O2S. The van der Waals surface area contributed by atoms with Crippen molar-refractivity contribution in [2.45, 2.75) is 13.0 Å². The van der Waals surface area contributed by atoms with Gasteiger partial charge in [-0.15, -0.1) is 11.3 Å². The molecule has 0 saturated heterocycles. The SMILES string of the molecule is OCCN(Cc1csc(-c2ccco2)n1)CC(F)F. The van der Waals surface area contributed by atoms with Gasteiger partial charge in [-0.1, -0.05) is 0 Å². The van der Waals surface area contributed by atoms with E-state index in [1.807, 2.05) is 5.38 Å². The fraction of sp³-hybridized carbons (Fsp3) is 0.417. The minimum Gasteiger partial charge on any atom is -0.462 e. The average molecular weight is 288 g/mol. The second-order valence-corrected chi connectivity index (χ2v) is 4.83. The van der Waals surface area contributed by atoms with E-state index in [2.05, 4.69) is 4.98 Å². The van der Waals surface area contributed by atoms with E-state index < -0.39 is 6.43 Å². The highest BCUT2D eigenvalue weighted by Gasteiger charge is 2.14. The summed E-state index contributed by atoms with van der Waals surface area (Å²) >= 11 is 1.40. The first-order chi connectivity index (χ1) is 9.19. The van der Waals surface area contributed by atoms with Gasteiger partial charge in [-0.05, 0) is 12.1 Å². The summed E-state index contributed by atoms with van der Waals surface area (Å²) in [6.07, 6.45) is -0.861. The van der Waals surface area contributed by atoms with Gasteiger partial charge in [0.25, 0.3) is 6.43 Å². The Kier molecular flexibility index (Phi) is 5.00. The topological polar surface area (TPSA) is 49.5 Å². The molecule has 0 aliphatic rings. The molecule has 0 aliphatic heterocycles. The summed E-state index contributed by atoms with van der Waals surface area (Å²) in [6, 6.07) is 3.57. The van der Waals surface area contributed by atoms with E-state index in [0.29, 0.717) is 18.0 Å². The van der Waals surface area contributed by atoms with Crippen molar-refractivity contribution >= 4 is 11.3 Å². The van der Waals surface area contributed by atoms with Gasteiger partial charge in [0.05, 0.1) is 25.1 Å². The lowest BCUT2D eigenvalue weighted by Crippen LogP contribution is -2.31. The third kappa shape index (κ3) is 4.09. The Morgan fingerprint density at radius 3 is 2.95 bits per heavy atom. The minimum absolute atomic E-state index is 0.151. The predicted octanol–water partition coefficient (Wildman–Crippen LogP) is 2.46. The summed E-state index contributed by atoms with van der Waals surface area (Å²) in [5, 5.41) is 11.4. The number of aliphatic hydroxyl groups is 1. The number of rotatable bonds is 7. The van der Waals surface area contributed by atoms with Gasteiger partial charge in [0, 0.05) is 18.5 Å². The molecule has 0 aliphatic carbocycles. The zero-order valence-corrected chi connectivity index (χ0v) is 10.9. The molecule has 0 amide bonds. The molecule has 0 aromatic carbocycles. The molecule has 19 heavy (non-hydrogen) atoms. The molecule has 2 heterocycles. The van der Waals surface area contributed by atoms with Crippen LogP contribution in [0.25, 0.3) is 10.8 Å². The monoisotopic (exact) mass is 288 g/mol. The van der Waals surface area contributed by atoms with Gasteiger partial charge in [0.1, 0.15) is 0 Å². The van der Waals surface area contributed by atoms with Gasteiger partial charge < -0.3 is 9.52 Å². The van der Waals surface area contributed by atoms with Crippen LogP contribution in [0.3, 0.4) is 0 Å². The molecule has 0 spiro atoms. The number of furan rings is 1. The summed E-state index contributed by atoms with van der Waals surface area (Å²) in [4.78, 5) is 5.82. The number of thiazole rings is 1. The number of aromatic nitrogens is 1. The quantitative estimate of drug-likeness (QED) is 0.850. The van der Waals surface area contributed by atoms with Crippen molar-refractivity contribution in [3.8, 4) is 10.8 Å². The zero-order valence-electron chi connectivity index (χ0n) is 10.1. The zero-order chi connectivity index (χ0) is 13.7. The first-order valence-corrected chi connectivity index (χ1v) is 6.66. The van der Waals surface area contributed by atoms with E-state index in [0.717, 1.165) is 5.01 Å². The lowest BCUT2D eigenvalue weighted by atomic mass is 10.4. The summed E-state index contributed by atoms with van der Waals surface area (Å²) in [6.45, 7) is -0.0177. The van der Waals surface area contributed by atoms with Crippen molar-refractivity contribution in [2.75, 3.05) is 19.7 Å². The standard InChI is InChI=1S/C12H14F2N2O2S/c13-11(14)7-16(3-4-17)6-9-8-19-12(15-9)10-2-1-5-18-10/h1-2,5,8,11,17H,3-4,6-7H2. The Morgan fingerprint density at radius 1 is 1.47 bits per heavy atom. The van der Waals surface area contributed by atoms with E-state index >= 15 is 0 Å². The van der Waals surface area contributed by atoms with Gasteiger partial charge in [-0.3, -0.25) is 4.90 Å². The molecule has 0 saturated carbocycles. The molecule has 2 aromatic heterocycles. The van der Waals surface area contributed by atoms with Crippen molar-refractivity contribution < 1.29 is 18.3 Å². The predicted molar refractivity (Wildman–Crippen MR) is 68.2 cm³/mol. The maximum atomic E-state index is 12.4. The Labute approximate surface area is 113 Å². The largest absolute Gasteiger partial charge is 0.462 e. The van der Waals surface area contributed by atoms with Crippen LogP contribution in [0.15, 0.2) is 28.2 Å². The summed E-state index contributed by atoms with van der Waals surface area (Å²) < 4.78 is 30.0. The fourth-order valence-corrected chi connectivity index (χ4v) is 2.47. The maximum absolute atomic E-state index is 12.4. The number of alkyl halides is 2. The van der Waals surface area contributed by atoms with Gasteiger partial charge in [0.15, 0.2) is 10.8 Å². The Hall–Kier alpha value is -1.31. The molecule has 0 fully saturated rings.